The van der Waals surface area contributed by atoms with Crippen LogP contribution in [-0.2, 0) is 0 Å². The zero-order chi connectivity index (χ0) is 15.9. The van der Waals surface area contributed by atoms with Crippen LogP contribution < -0.4 is 10.1 Å². The van der Waals surface area contributed by atoms with E-state index in [1.807, 2.05) is 0 Å². The topological polar surface area (TPSA) is 38.3 Å². The lowest BCUT2D eigenvalue weighted by molar-refractivity contribution is 0.102. The van der Waals surface area contributed by atoms with Crippen LogP contribution in [-0.4, -0.2) is 12.5 Å². The van der Waals surface area contributed by atoms with Gasteiger partial charge in [0.25, 0.3) is 5.91 Å². The molecule has 0 aliphatic carbocycles. The molecule has 2 rings (SSSR count). The summed E-state index contributed by atoms with van der Waals surface area (Å²) in [4.78, 5) is 12.1. The Hall–Kier alpha value is -2.36. The minimum absolute atomic E-state index is 0.278. The minimum atomic E-state index is -0.383. The first-order chi connectivity index (χ1) is 10.5. The molecule has 1 N–H and O–H groups in total. The molecule has 0 atom stereocenters. The van der Waals surface area contributed by atoms with Gasteiger partial charge in [-0.05, 0) is 54.8 Å². The second-order valence-corrected chi connectivity index (χ2v) is 5.52. The number of nitrogens with one attached hydrogen (secondary N) is 1. The fraction of sp³-hybridized carbons (Fsp3) is 0.278. The molecule has 0 heterocycles. The molecular formula is C18H20FNO2. The lowest BCUT2D eigenvalue weighted by atomic mass is 10.1. The van der Waals surface area contributed by atoms with E-state index in [1.165, 1.54) is 12.1 Å². The Kier molecular flexibility index (Phi) is 5.53. The zero-order valence-corrected chi connectivity index (χ0v) is 12.8. The maximum atomic E-state index is 13.1. The monoisotopic (exact) mass is 301 g/mol. The molecule has 22 heavy (non-hydrogen) atoms. The summed E-state index contributed by atoms with van der Waals surface area (Å²) in [5.41, 5.74) is 0.933. The molecule has 0 bridgehead atoms. The van der Waals surface area contributed by atoms with E-state index >= 15 is 0 Å². The molecular weight excluding hydrogens is 281 g/mol. The first-order valence-corrected chi connectivity index (χ1v) is 7.34. The van der Waals surface area contributed by atoms with Crippen molar-refractivity contribution in [3.63, 3.8) is 0 Å². The molecule has 0 aromatic heterocycles. The van der Waals surface area contributed by atoms with Crippen molar-refractivity contribution in [3.8, 4) is 5.75 Å². The summed E-state index contributed by atoms with van der Waals surface area (Å²) >= 11 is 0. The van der Waals surface area contributed by atoms with Crippen molar-refractivity contribution in [2.75, 3.05) is 11.9 Å². The van der Waals surface area contributed by atoms with Gasteiger partial charge in [-0.2, -0.15) is 0 Å². The highest BCUT2D eigenvalue weighted by Crippen LogP contribution is 2.15. The van der Waals surface area contributed by atoms with Gasteiger partial charge in [0.1, 0.15) is 11.6 Å². The van der Waals surface area contributed by atoms with Crippen molar-refractivity contribution < 1.29 is 13.9 Å². The van der Waals surface area contributed by atoms with Crippen LogP contribution in [0.25, 0.3) is 0 Å². The molecule has 2 aromatic carbocycles. The third-order valence-corrected chi connectivity index (χ3v) is 3.16. The smallest absolute Gasteiger partial charge is 0.255 e. The highest BCUT2D eigenvalue weighted by molar-refractivity contribution is 6.04. The van der Waals surface area contributed by atoms with Crippen LogP contribution in [0.4, 0.5) is 10.1 Å². The van der Waals surface area contributed by atoms with E-state index in [1.54, 1.807) is 36.4 Å². The summed E-state index contributed by atoms with van der Waals surface area (Å²) < 4.78 is 18.7. The number of hydrogen-bond donors (Lipinski definition) is 1. The van der Waals surface area contributed by atoms with E-state index in [2.05, 4.69) is 19.2 Å². The van der Waals surface area contributed by atoms with Gasteiger partial charge >= 0.3 is 0 Å². The normalized spacial score (nSPS) is 10.5. The molecule has 3 nitrogen and oxygen atoms in total. The van der Waals surface area contributed by atoms with Crippen LogP contribution in [0.15, 0.2) is 48.5 Å². The van der Waals surface area contributed by atoms with Gasteiger partial charge < -0.3 is 10.1 Å². The van der Waals surface area contributed by atoms with Gasteiger partial charge in [0.15, 0.2) is 0 Å². The fourth-order valence-corrected chi connectivity index (χ4v) is 1.88. The van der Waals surface area contributed by atoms with Gasteiger partial charge in [-0.15, -0.1) is 0 Å². The highest BCUT2D eigenvalue weighted by Gasteiger charge is 2.07. The zero-order valence-electron chi connectivity index (χ0n) is 12.8. The molecule has 0 radical (unpaired) electrons. The van der Waals surface area contributed by atoms with Crippen molar-refractivity contribution in [2.45, 2.75) is 20.3 Å². The van der Waals surface area contributed by atoms with Crippen molar-refractivity contribution >= 4 is 11.6 Å². The Balaban J connectivity index is 1.93. The van der Waals surface area contributed by atoms with Gasteiger partial charge in [0.05, 0.1) is 6.61 Å². The maximum Gasteiger partial charge on any atom is 0.255 e. The van der Waals surface area contributed by atoms with Gasteiger partial charge in [-0.25, -0.2) is 4.39 Å². The van der Waals surface area contributed by atoms with Crippen LogP contribution in [0, 0.1) is 11.7 Å². The van der Waals surface area contributed by atoms with E-state index < -0.39 is 0 Å². The lowest BCUT2D eigenvalue weighted by Gasteiger charge is -2.09. The fourth-order valence-electron chi connectivity index (χ4n) is 1.88. The molecule has 0 aliphatic heterocycles. The van der Waals surface area contributed by atoms with E-state index in [9.17, 15) is 9.18 Å². The number of carbonyl (C=O) groups excluding carboxylic acids is 1. The molecule has 4 heteroatoms. The Labute approximate surface area is 130 Å². The molecule has 0 spiro atoms. The Morgan fingerprint density at radius 3 is 2.55 bits per heavy atom. The summed E-state index contributed by atoms with van der Waals surface area (Å²) in [6.07, 6.45) is 0.988. The first-order valence-electron chi connectivity index (χ1n) is 7.34. The van der Waals surface area contributed by atoms with Gasteiger partial charge in [-0.1, -0.05) is 19.9 Å². The number of anilines is 1. The lowest BCUT2D eigenvalue weighted by Crippen LogP contribution is -2.11. The number of carbonyl (C=O) groups is 1. The largest absolute Gasteiger partial charge is 0.494 e. The van der Waals surface area contributed by atoms with Crippen LogP contribution in [0.2, 0.25) is 0 Å². The number of halogens is 1. The summed E-state index contributed by atoms with van der Waals surface area (Å²) in [5, 5.41) is 2.66. The van der Waals surface area contributed by atoms with E-state index in [0.29, 0.717) is 23.8 Å². The Bertz CT molecular complexity index is 623. The molecule has 0 unspecified atom stereocenters. The van der Waals surface area contributed by atoms with E-state index in [-0.39, 0.29) is 11.7 Å². The molecule has 2 aromatic rings. The molecule has 0 saturated carbocycles. The van der Waals surface area contributed by atoms with Gasteiger partial charge in [0.2, 0.25) is 0 Å². The summed E-state index contributed by atoms with van der Waals surface area (Å²) in [6.45, 7) is 4.94. The number of benzene rings is 2. The number of amides is 1. The Morgan fingerprint density at radius 1 is 1.18 bits per heavy atom. The molecule has 116 valence electrons. The Morgan fingerprint density at radius 2 is 1.91 bits per heavy atom. The quantitative estimate of drug-likeness (QED) is 0.853. The molecule has 0 fully saturated rings. The van der Waals surface area contributed by atoms with Crippen LogP contribution in [0.1, 0.15) is 30.6 Å². The summed E-state index contributed by atoms with van der Waals surface area (Å²) in [7, 11) is 0. The summed E-state index contributed by atoms with van der Waals surface area (Å²) in [6, 6.07) is 12.7. The molecule has 1 amide bonds. The number of rotatable bonds is 6. The van der Waals surface area contributed by atoms with Crippen LogP contribution in [0.3, 0.4) is 0 Å². The van der Waals surface area contributed by atoms with Crippen LogP contribution in [0.5, 0.6) is 5.75 Å². The minimum Gasteiger partial charge on any atom is -0.494 e. The SMILES string of the molecule is CC(C)CCOc1ccc(C(=O)Nc2cccc(F)c2)cc1. The van der Waals surface area contributed by atoms with Crippen LogP contribution >= 0.6 is 0 Å². The van der Waals surface area contributed by atoms with E-state index in [4.69, 9.17) is 4.74 Å². The molecule has 0 saturated heterocycles. The van der Waals surface area contributed by atoms with Crippen molar-refractivity contribution in [1.82, 2.24) is 0 Å². The predicted octanol–water partition coefficient (Wildman–Crippen LogP) is 4.50. The second-order valence-electron chi connectivity index (χ2n) is 5.52. The predicted molar refractivity (Wildman–Crippen MR) is 85.7 cm³/mol. The standard InChI is InChI=1S/C18H20FNO2/c1-13(2)10-11-22-17-8-6-14(7-9-17)18(21)20-16-5-3-4-15(19)12-16/h3-9,12-13H,10-11H2,1-2H3,(H,20,21). The average molecular weight is 301 g/mol. The average Bonchev–Trinajstić information content (AvgIpc) is 2.47. The van der Waals surface area contributed by atoms with Crippen molar-refractivity contribution in [1.29, 1.82) is 0 Å². The third-order valence-electron chi connectivity index (χ3n) is 3.16. The van der Waals surface area contributed by atoms with Crippen molar-refractivity contribution in [2.24, 2.45) is 5.92 Å². The van der Waals surface area contributed by atoms with Gasteiger partial charge in [0, 0.05) is 11.3 Å². The highest BCUT2D eigenvalue weighted by atomic mass is 19.1. The molecule has 0 aliphatic rings. The number of ether oxygens (including phenoxy) is 1. The number of hydrogen-bond acceptors (Lipinski definition) is 2. The first kappa shape index (κ1) is 16.0. The second kappa shape index (κ2) is 7.59. The summed E-state index contributed by atoms with van der Waals surface area (Å²) in [5.74, 6) is 0.672. The maximum absolute atomic E-state index is 13.1. The third kappa shape index (κ3) is 4.88. The van der Waals surface area contributed by atoms with E-state index in [0.717, 1.165) is 12.2 Å². The van der Waals surface area contributed by atoms with Crippen molar-refractivity contribution in [3.05, 3.63) is 59.9 Å². The van der Waals surface area contributed by atoms with Gasteiger partial charge in [-0.3, -0.25) is 4.79 Å².